The molecule has 0 aliphatic carbocycles. The lowest BCUT2D eigenvalue weighted by Gasteiger charge is -2.07. The SMILES string of the molecule is C=Cn1cnnc1/C=C(\CC)C(C)C. The molecule has 1 heterocycles. The molecule has 0 bridgehead atoms. The molecule has 1 aromatic heterocycles. The van der Waals surface area contributed by atoms with Crippen molar-refractivity contribution in [3.05, 3.63) is 24.3 Å². The van der Waals surface area contributed by atoms with Crippen LogP contribution in [0.2, 0.25) is 0 Å². The van der Waals surface area contributed by atoms with E-state index in [0.29, 0.717) is 5.92 Å². The Morgan fingerprint density at radius 2 is 2.36 bits per heavy atom. The highest BCUT2D eigenvalue weighted by molar-refractivity contribution is 5.48. The monoisotopic (exact) mass is 191 g/mol. The number of aromatic nitrogens is 3. The Balaban J connectivity index is 2.99. The zero-order valence-electron chi connectivity index (χ0n) is 9.07. The van der Waals surface area contributed by atoms with Crippen molar-refractivity contribution in [1.29, 1.82) is 0 Å². The summed E-state index contributed by atoms with van der Waals surface area (Å²) in [6, 6.07) is 0. The fraction of sp³-hybridized carbons (Fsp3) is 0.455. The minimum absolute atomic E-state index is 0.551. The predicted molar refractivity (Wildman–Crippen MR) is 59.5 cm³/mol. The summed E-state index contributed by atoms with van der Waals surface area (Å²) in [5, 5.41) is 7.86. The van der Waals surface area contributed by atoms with Gasteiger partial charge in [-0.25, -0.2) is 0 Å². The molecule has 0 aliphatic rings. The summed E-state index contributed by atoms with van der Waals surface area (Å²) >= 11 is 0. The maximum atomic E-state index is 4.02. The first-order valence-corrected chi connectivity index (χ1v) is 4.91. The molecule has 1 rings (SSSR count). The largest absolute Gasteiger partial charge is 0.290 e. The van der Waals surface area contributed by atoms with Crippen LogP contribution < -0.4 is 0 Å². The lowest BCUT2D eigenvalue weighted by Crippen LogP contribution is -1.95. The summed E-state index contributed by atoms with van der Waals surface area (Å²) in [5.74, 6) is 1.40. The van der Waals surface area contributed by atoms with Crippen molar-refractivity contribution in [2.24, 2.45) is 5.92 Å². The Bertz CT molecular complexity index is 334. The van der Waals surface area contributed by atoms with Gasteiger partial charge in [0.1, 0.15) is 6.33 Å². The van der Waals surface area contributed by atoms with Gasteiger partial charge in [-0.3, -0.25) is 4.57 Å². The van der Waals surface area contributed by atoms with Crippen LogP contribution in [-0.2, 0) is 0 Å². The molecule has 0 aromatic carbocycles. The maximum Gasteiger partial charge on any atom is 0.160 e. The second-order valence-electron chi connectivity index (χ2n) is 3.51. The summed E-state index contributed by atoms with van der Waals surface area (Å²) in [7, 11) is 0. The van der Waals surface area contributed by atoms with Crippen molar-refractivity contribution in [3.8, 4) is 0 Å². The third-order valence-corrected chi connectivity index (χ3v) is 2.26. The van der Waals surface area contributed by atoms with Crippen LogP contribution in [0, 0.1) is 5.92 Å². The number of allylic oxidation sites excluding steroid dienone is 1. The van der Waals surface area contributed by atoms with E-state index in [0.717, 1.165) is 12.2 Å². The van der Waals surface area contributed by atoms with Crippen molar-refractivity contribution in [2.45, 2.75) is 27.2 Å². The predicted octanol–water partition coefficient (Wildman–Crippen LogP) is 2.83. The zero-order valence-corrected chi connectivity index (χ0v) is 9.07. The van der Waals surface area contributed by atoms with Gasteiger partial charge in [0.15, 0.2) is 5.82 Å². The average molecular weight is 191 g/mol. The maximum absolute atomic E-state index is 4.02. The Morgan fingerprint density at radius 3 is 2.86 bits per heavy atom. The minimum Gasteiger partial charge on any atom is -0.290 e. The van der Waals surface area contributed by atoms with Gasteiger partial charge in [-0.05, 0) is 18.4 Å². The lowest BCUT2D eigenvalue weighted by atomic mass is 10.0. The molecule has 0 atom stereocenters. The molecule has 0 spiro atoms. The second-order valence-corrected chi connectivity index (χ2v) is 3.51. The number of rotatable bonds is 4. The molecule has 0 unspecified atom stereocenters. The number of hydrogen-bond acceptors (Lipinski definition) is 2. The topological polar surface area (TPSA) is 30.7 Å². The summed E-state index contributed by atoms with van der Waals surface area (Å²) in [4.78, 5) is 0. The Labute approximate surface area is 85.2 Å². The molecule has 0 amide bonds. The van der Waals surface area contributed by atoms with Crippen LogP contribution in [0.5, 0.6) is 0 Å². The molecular formula is C11H17N3. The fourth-order valence-electron chi connectivity index (χ4n) is 1.34. The second kappa shape index (κ2) is 4.74. The lowest BCUT2D eigenvalue weighted by molar-refractivity contribution is 0.737. The molecule has 76 valence electrons. The highest BCUT2D eigenvalue weighted by Gasteiger charge is 2.03. The molecule has 0 fully saturated rings. The summed E-state index contributed by atoms with van der Waals surface area (Å²) < 4.78 is 1.82. The van der Waals surface area contributed by atoms with Crippen molar-refractivity contribution in [3.63, 3.8) is 0 Å². The van der Waals surface area contributed by atoms with E-state index in [2.05, 4.69) is 43.6 Å². The first kappa shape index (κ1) is 10.7. The van der Waals surface area contributed by atoms with Gasteiger partial charge in [-0.1, -0.05) is 32.9 Å². The van der Waals surface area contributed by atoms with Crippen LogP contribution >= 0.6 is 0 Å². The van der Waals surface area contributed by atoms with Crippen LogP contribution in [0.3, 0.4) is 0 Å². The standard InChI is InChI=1S/C11H17N3/c1-5-10(9(3)4)7-11-13-12-8-14(11)6-2/h6-9H,2,5H2,1,3-4H3/b10-7+. The van der Waals surface area contributed by atoms with Crippen LogP contribution in [0.1, 0.15) is 33.0 Å². The van der Waals surface area contributed by atoms with E-state index in [1.54, 1.807) is 12.5 Å². The molecule has 1 aromatic rings. The van der Waals surface area contributed by atoms with E-state index >= 15 is 0 Å². The van der Waals surface area contributed by atoms with E-state index in [1.165, 1.54) is 5.57 Å². The van der Waals surface area contributed by atoms with Gasteiger partial charge in [0.25, 0.3) is 0 Å². The average Bonchev–Trinajstić information content (AvgIpc) is 2.60. The number of nitrogens with zero attached hydrogens (tertiary/aromatic N) is 3. The van der Waals surface area contributed by atoms with E-state index < -0.39 is 0 Å². The molecule has 3 nitrogen and oxygen atoms in total. The number of hydrogen-bond donors (Lipinski definition) is 0. The van der Waals surface area contributed by atoms with Crippen molar-refractivity contribution in [1.82, 2.24) is 14.8 Å². The third kappa shape index (κ3) is 2.31. The molecule has 0 saturated heterocycles. The van der Waals surface area contributed by atoms with Crippen molar-refractivity contribution >= 4 is 12.3 Å². The summed E-state index contributed by atoms with van der Waals surface area (Å²) in [5.41, 5.74) is 1.38. The van der Waals surface area contributed by atoms with E-state index in [4.69, 9.17) is 0 Å². The molecular weight excluding hydrogens is 174 g/mol. The molecule has 0 aliphatic heterocycles. The highest BCUT2D eigenvalue weighted by atomic mass is 15.2. The van der Waals surface area contributed by atoms with E-state index in [-0.39, 0.29) is 0 Å². The van der Waals surface area contributed by atoms with Crippen LogP contribution in [0.25, 0.3) is 12.3 Å². The molecule has 3 heteroatoms. The Hall–Kier alpha value is -1.38. The van der Waals surface area contributed by atoms with E-state index in [9.17, 15) is 0 Å². The van der Waals surface area contributed by atoms with Crippen molar-refractivity contribution < 1.29 is 0 Å². The van der Waals surface area contributed by atoms with Crippen LogP contribution in [0.15, 0.2) is 18.5 Å². The van der Waals surface area contributed by atoms with Gasteiger partial charge in [0, 0.05) is 6.20 Å². The normalized spacial score (nSPS) is 12.1. The molecule has 14 heavy (non-hydrogen) atoms. The van der Waals surface area contributed by atoms with Gasteiger partial charge < -0.3 is 0 Å². The zero-order chi connectivity index (χ0) is 10.6. The van der Waals surface area contributed by atoms with Gasteiger partial charge in [-0.2, -0.15) is 0 Å². The van der Waals surface area contributed by atoms with Gasteiger partial charge in [-0.15, -0.1) is 10.2 Å². The fourth-order valence-corrected chi connectivity index (χ4v) is 1.34. The Morgan fingerprint density at radius 1 is 1.64 bits per heavy atom. The first-order chi connectivity index (χ1) is 6.69. The highest BCUT2D eigenvalue weighted by Crippen LogP contribution is 2.16. The van der Waals surface area contributed by atoms with Gasteiger partial charge in [0.2, 0.25) is 0 Å². The first-order valence-electron chi connectivity index (χ1n) is 4.91. The van der Waals surface area contributed by atoms with E-state index in [1.807, 2.05) is 4.57 Å². The molecule has 0 N–H and O–H groups in total. The quantitative estimate of drug-likeness (QED) is 0.732. The summed E-state index contributed by atoms with van der Waals surface area (Å²) in [6.45, 7) is 10.2. The van der Waals surface area contributed by atoms with Crippen LogP contribution in [0.4, 0.5) is 0 Å². The Kier molecular flexibility index (Phi) is 3.63. The van der Waals surface area contributed by atoms with Crippen molar-refractivity contribution in [2.75, 3.05) is 0 Å². The van der Waals surface area contributed by atoms with Gasteiger partial charge >= 0.3 is 0 Å². The summed E-state index contributed by atoms with van der Waals surface area (Å²) in [6.07, 6.45) is 6.49. The third-order valence-electron chi connectivity index (χ3n) is 2.26. The smallest absolute Gasteiger partial charge is 0.160 e. The van der Waals surface area contributed by atoms with Crippen LogP contribution in [-0.4, -0.2) is 14.8 Å². The minimum atomic E-state index is 0.551. The molecule has 0 radical (unpaired) electrons. The molecule has 0 saturated carbocycles. The van der Waals surface area contributed by atoms with Gasteiger partial charge in [0.05, 0.1) is 0 Å².